The molecule has 1 aromatic rings. The number of rotatable bonds is 0. The van der Waals surface area contributed by atoms with Crippen LogP contribution in [-0.2, 0) is 6.42 Å². The lowest BCUT2D eigenvalue weighted by Crippen LogP contribution is -2.34. The van der Waals surface area contributed by atoms with Gasteiger partial charge in [0.25, 0.3) is 0 Å². The Balaban J connectivity index is 2.12. The molecule has 3 heteroatoms. The average Bonchev–Trinajstić information content (AvgIpc) is 2.43. The van der Waals surface area contributed by atoms with Crippen molar-refractivity contribution in [1.82, 2.24) is 9.88 Å². The highest BCUT2D eigenvalue weighted by atomic mass is 15.2. The van der Waals surface area contributed by atoms with Gasteiger partial charge in [-0.15, -0.1) is 0 Å². The fraction of sp³-hybridized carbons (Fsp3) is 0.545. The quantitative estimate of drug-likeness (QED) is 0.670. The SMILES string of the molecule is CN1[C@H]2CC[C@@H]1c1cc(N)cnc1C2. The van der Waals surface area contributed by atoms with Gasteiger partial charge < -0.3 is 5.73 Å². The van der Waals surface area contributed by atoms with E-state index in [9.17, 15) is 0 Å². The third-order valence-corrected chi connectivity index (χ3v) is 3.65. The van der Waals surface area contributed by atoms with Gasteiger partial charge in [0.1, 0.15) is 0 Å². The highest BCUT2D eigenvalue weighted by Crippen LogP contribution is 2.42. The van der Waals surface area contributed by atoms with Gasteiger partial charge in [-0.1, -0.05) is 0 Å². The molecule has 1 saturated heterocycles. The minimum Gasteiger partial charge on any atom is -0.397 e. The lowest BCUT2D eigenvalue weighted by Gasteiger charge is -2.32. The molecule has 0 amide bonds. The number of nitrogens with two attached hydrogens (primary N) is 1. The molecular weight excluding hydrogens is 174 g/mol. The largest absolute Gasteiger partial charge is 0.397 e. The number of anilines is 1. The second-order valence-electron chi connectivity index (χ2n) is 4.42. The van der Waals surface area contributed by atoms with Gasteiger partial charge >= 0.3 is 0 Å². The van der Waals surface area contributed by atoms with Crippen molar-refractivity contribution in [3.63, 3.8) is 0 Å². The van der Waals surface area contributed by atoms with E-state index in [1.807, 2.05) is 0 Å². The van der Waals surface area contributed by atoms with Crippen LogP contribution in [0, 0.1) is 0 Å². The zero-order valence-electron chi connectivity index (χ0n) is 8.40. The van der Waals surface area contributed by atoms with Gasteiger partial charge in [0, 0.05) is 24.2 Å². The van der Waals surface area contributed by atoms with Crippen molar-refractivity contribution in [3.05, 3.63) is 23.5 Å². The Morgan fingerprint density at radius 1 is 1.50 bits per heavy atom. The van der Waals surface area contributed by atoms with Crippen molar-refractivity contribution in [2.75, 3.05) is 12.8 Å². The molecule has 2 atom stereocenters. The van der Waals surface area contributed by atoms with Gasteiger partial charge in [-0.05, 0) is 31.5 Å². The van der Waals surface area contributed by atoms with Gasteiger partial charge in [0.2, 0.25) is 0 Å². The molecule has 1 aromatic heterocycles. The molecule has 0 radical (unpaired) electrons. The summed E-state index contributed by atoms with van der Waals surface area (Å²) in [7, 11) is 2.22. The predicted octanol–water partition coefficient (Wildman–Crippen LogP) is 1.36. The van der Waals surface area contributed by atoms with E-state index in [-0.39, 0.29) is 0 Å². The standard InChI is InChI=1S/C11H15N3/c1-14-8-2-3-11(14)9-4-7(12)6-13-10(9)5-8/h4,6,8,11H,2-3,5,12H2,1H3/t8-,11+/m0/s1. The molecule has 0 saturated carbocycles. The first-order valence-electron chi connectivity index (χ1n) is 5.22. The summed E-state index contributed by atoms with van der Waals surface area (Å²) in [6.07, 6.45) is 5.45. The second-order valence-corrected chi connectivity index (χ2v) is 4.42. The van der Waals surface area contributed by atoms with E-state index < -0.39 is 0 Å². The van der Waals surface area contributed by atoms with Crippen LogP contribution in [0.15, 0.2) is 12.3 Å². The van der Waals surface area contributed by atoms with Crippen molar-refractivity contribution in [2.24, 2.45) is 0 Å². The molecule has 0 aliphatic carbocycles. The average molecular weight is 189 g/mol. The molecule has 74 valence electrons. The van der Waals surface area contributed by atoms with Crippen molar-refractivity contribution >= 4 is 5.69 Å². The molecular formula is C11H15N3. The Bertz CT molecular complexity index is 375. The van der Waals surface area contributed by atoms with Crippen LogP contribution in [0.25, 0.3) is 0 Å². The molecule has 3 rings (SSSR count). The highest BCUT2D eigenvalue weighted by Gasteiger charge is 2.37. The summed E-state index contributed by atoms with van der Waals surface area (Å²) in [5.74, 6) is 0. The summed E-state index contributed by atoms with van der Waals surface area (Å²) in [6.45, 7) is 0. The predicted molar refractivity (Wildman–Crippen MR) is 55.9 cm³/mol. The fourth-order valence-electron chi connectivity index (χ4n) is 2.84. The lowest BCUT2D eigenvalue weighted by atomic mass is 9.98. The van der Waals surface area contributed by atoms with Gasteiger partial charge in [-0.3, -0.25) is 9.88 Å². The van der Waals surface area contributed by atoms with E-state index in [0.29, 0.717) is 12.1 Å². The van der Waals surface area contributed by atoms with E-state index >= 15 is 0 Å². The topological polar surface area (TPSA) is 42.1 Å². The summed E-state index contributed by atoms with van der Waals surface area (Å²) in [6, 6.07) is 3.38. The number of hydrogen-bond acceptors (Lipinski definition) is 3. The maximum atomic E-state index is 5.78. The number of hydrogen-bond donors (Lipinski definition) is 1. The Morgan fingerprint density at radius 3 is 3.21 bits per heavy atom. The van der Waals surface area contributed by atoms with E-state index in [2.05, 4.69) is 23.0 Å². The zero-order valence-corrected chi connectivity index (χ0v) is 8.40. The molecule has 1 fully saturated rings. The minimum absolute atomic E-state index is 0.569. The molecule has 2 aliphatic rings. The highest BCUT2D eigenvalue weighted by molar-refractivity contribution is 5.43. The number of nitrogen functional groups attached to an aromatic ring is 1. The Kier molecular flexibility index (Phi) is 1.59. The van der Waals surface area contributed by atoms with Gasteiger partial charge in [0.15, 0.2) is 0 Å². The van der Waals surface area contributed by atoms with Crippen molar-refractivity contribution < 1.29 is 0 Å². The molecule has 2 N–H and O–H groups in total. The van der Waals surface area contributed by atoms with Crippen LogP contribution >= 0.6 is 0 Å². The van der Waals surface area contributed by atoms with Crippen molar-refractivity contribution in [3.8, 4) is 0 Å². The van der Waals surface area contributed by atoms with E-state index in [4.69, 9.17) is 5.73 Å². The van der Waals surface area contributed by atoms with Crippen molar-refractivity contribution in [2.45, 2.75) is 31.3 Å². The zero-order chi connectivity index (χ0) is 9.71. The third-order valence-electron chi connectivity index (χ3n) is 3.65. The van der Waals surface area contributed by atoms with Crippen LogP contribution in [0.4, 0.5) is 5.69 Å². The number of fused-ring (bicyclic) bond motifs is 4. The molecule has 0 aromatic carbocycles. The second kappa shape index (κ2) is 2.70. The first-order chi connectivity index (χ1) is 6.75. The molecule has 3 heterocycles. The normalized spacial score (nSPS) is 30.4. The third kappa shape index (κ3) is 0.989. The van der Waals surface area contributed by atoms with E-state index in [0.717, 1.165) is 12.1 Å². The minimum atomic E-state index is 0.569. The van der Waals surface area contributed by atoms with Crippen LogP contribution in [0.5, 0.6) is 0 Å². The number of nitrogens with zero attached hydrogens (tertiary/aromatic N) is 2. The number of aromatic nitrogens is 1. The Morgan fingerprint density at radius 2 is 2.36 bits per heavy atom. The maximum absolute atomic E-state index is 5.78. The number of pyridine rings is 1. The first-order valence-corrected chi connectivity index (χ1v) is 5.22. The van der Waals surface area contributed by atoms with Gasteiger partial charge in [-0.25, -0.2) is 0 Å². The molecule has 2 aliphatic heterocycles. The summed E-state index contributed by atoms with van der Waals surface area (Å²) in [5, 5.41) is 0. The Labute approximate surface area is 83.9 Å². The van der Waals surface area contributed by atoms with Crippen LogP contribution in [0.2, 0.25) is 0 Å². The molecule has 2 bridgehead atoms. The lowest BCUT2D eigenvalue weighted by molar-refractivity contribution is 0.222. The van der Waals surface area contributed by atoms with Crippen LogP contribution in [-0.4, -0.2) is 23.0 Å². The summed E-state index contributed by atoms with van der Waals surface area (Å²) in [5.41, 5.74) is 9.20. The molecule has 0 unspecified atom stereocenters. The van der Waals surface area contributed by atoms with Crippen molar-refractivity contribution in [1.29, 1.82) is 0 Å². The molecule has 3 nitrogen and oxygen atoms in total. The fourth-order valence-corrected chi connectivity index (χ4v) is 2.84. The molecule has 0 spiro atoms. The van der Waals surface area contributed by atoms with Crippen LogP contribution < -0.4 is 5.73 Å². The van der Waals surface area contributed by atoms with Gasteiger partial charge in [0.05, 0.1) is 11.9 Å². The summed E-state index contributed by atoms with van der Waals surface area (Å²) >= 11 is 0. The first kappa shape index (κ1) is 8.24. The van der Waals surface area contributed by atoms with E-state index in [1.54, 1.807) is 6.20 Å². The summed E-state index contributed by atoms with van der Waals surface area (Å²) < 4.78 is 0. The monoisotopic (exact) mass is 189 g/mol. The summed E-state index contributed by atoms with van der Waals surface area (Å²) in [4.78, 5) is 6.92. The van der Waals surface area contributed by atoms with Gasteiger partial charge in [-0.2, -0.15) is 0 Å². The smallest absolute Gasteiger partial charge is 0.0504 e. The maximum Gasteiger partial charge on any atom is 0.0504 e. The Hall–Kier alpha value is -1.09. The van der Waals surface area contributed by atoms with Crippen LogP contribution in [0.1, 0.15) is 30.1 Å². The van der Waals surface area contributed by atoms with E-state index in [1.165, 1.54) is 24.1 Å². The van der Waals surface area contributed by atoms with Crippen LogP contribution in [0.3, 0.4) is 0 Å². The molecule has 14 heavy (non-hydrogen) atoms. The number of likely N-dealkylation sites (N-methyl/N-ethyl adjacent to an activating group) is 1.